The van der Waals surface area contributed by atoms with Crippen molar-refractivity contribution in [3.63, 3.8) is 0 Å². The van der Waals surface area contributed by atoms with E-state index in [1.165, 1.54) is 10.4 Å². The Labute approximate surface area is 120 Å². The molecule has 19 heavy (non-hydrogen) atoms. The van der Waals surface area contributed by atoms with Crippen molar-refractivity contribution in [3.05, 3.63) is 50.7 Å². The Bertz CT molecular complexity index is 595. The monoisotopic (exact) mass is 295 g/mol. The second-order valence-corrected chi connectivity index (χ2v) is 5.45. The smallest absolute Gasteiger partial charge is 0.339 e. The number of rotatable bonds is 5. The molecule has 0 unspecified atom stereocenters. The molecule has 5 heteroatoms. The number of thiophene rings is 1. The van der Waals surface area contributed by atoms with Crippen LogP contribution in [-0.2, 0) is 13.0 Å². The first-order chi connectivity index (χ1) is 9.13. The van der Waals surface area contributed by atoms with Crippen LogP contribution < -0.4 is 5.32 Å². The zero-order valence-electron chi connectivity index (χ0n) is 10.4. The number of aromatic carboxylic acids is 1. The maximum atomic E-state index is 11.2. The molecule has 100 valence electrons. The highest BCUT2D eigenvalue weighted by Crippen LogP contribution is 2.26. The van der Waals surface area contributed by atoms with E-state index < -0.39 is 5.97 Å². The summed E-state index contributed by atoms with van der Waals surface area (Å²) in [6, 6.07) is 7.15. The van der Waals surface area contributed by atoms with E-state index in [0.29, 0.717) is 12.2 Å². The average Bonchev–Trinajstić information content (AvgIpc) is 2.83. The van der Waals surface area contributed by atoms with Gasteiger partial charge in [0.2, 0.25) is 0 Å². The van der Waals surface area contributed by atoms with Gasteiger partial charge in [-0.2, -0.15) is 0 Å². The summed E-state index contributed by atoms with van der Waals surface area (Å²) in [5, 5.41) is 14.6. The summed E-state index contributed by atoms with van der Waals surface area (Å²) in [6.45, 7) is 2.72. The predicted molar refractivity (Wildman–Crippen MR) is 79.4 cm³/mol. The number of benzene rings is 1. The fraction of sp³-hybridized carbons (Fsp3) is 0.214. The number of aryl methyl sites for hydroxylation is 1. The molecular formula is C14H14ClNO2S. The fourth-order valence-electron chi connectivity index (χ4n) is 1.90. The second kappa shape index (κ2) is 6.08. The number of halogens is 1. The van der Waals surface area contributed by atoms with Crippen molar-refractivity contribution in [2.75, 3.05) is 5.32 Å². The van der Waals surface area contributed by atoms with Gasteiger partial charge in [-0.25, -0.2) is 4.79 Å². The van der Waals surface area contributed by atoms with E-state index in [0.717, 1.165) is 6.42 Å². The number of carboxylic acids is 1. The molecule has 1 aromatic carbocycles. The highest BCUT2D eigenvalue weighted by molar-refractivity contribution is 7.10. The maximum Gasteiger partial charge on any atom is 0.339 e. The molecule has 1 heterocycles. The van der Waals surface area contributed by atoms with Gasteiger partial charge >= 0.3 is 5.97 Å². The minimum atomic E-state index is -1.02. The lowest BCUT2D eigenvalue weighted by molar-refractivity contribution is 0.0698. The molecule has 0 atom stereocenters. The van der Waals surface area contributed by atoms with Crippen LogP contribution in [0.25, 0.3) is 0 Å². The molecule has 0 bridgehead atoms. The second-order valence-electron chi connectivity index (χ2n) is 4.04. The van der Waals surface area contributed by atoms with Crippen LogP contribution in [0.2, 0.25) is 5.02 Å². The molecule has 1 aromatic heterocycles. The van der Waals surface area contributed by atoms with Gasteiger partial charge in [-0.3, -0.25) is 0 Å². The highest BCUT2D eigenvalue weighted by Gasteiger charge is 2.14. The molecule has 0 spiro atoms. The quantitative estimate of drug-likeness (QED) is 0.866. The van der Waals surface area contributed by atoms with Crippen molar-refractivity contribution in [1.82, 2.24) is 0 Å². The van der Waals surface area contributed by atoms with E-state index in [1.807, 2.05) is 5.38 Å². The molecule has 0 aliphatic carbocycles. The molecule has 3 nitrogen and oxygen atoms in total. The Hall–Kier alpha value is -1.52. The molecule has 0 saturated carbocycles. The average molecular weight is 296 g/mol. The molecule has 2 rings (SSSR count). The number of anilines is 1. The van der Waals surface area contributed by atoms with E-state index in [-0.39, 0.29) is 10.6 Å². The van der Waals surface area contributed by atoms with Crippen LogP contribution in [-0.4, -0.2) is 11.1 Å². The third kappa shape index (κ3) is 3.08. The van der Waals surface area contributed by atoms with Gasteiger partial charge in [-0.05, 0) is 35.6 Å². The van der Waals surface area contributed by atoms with Gasteiger partial charge < -0.3 is 10.4 Å². The number of carbonyl (C=O) groups is 1. The third-order valence-electron chi connectivity index (χ3n) is 2.89. The minimum Gasteiger partial charge on any atom is -0.478 e. The Morgan fingerprint density at radius 1 is 1.42 bits per heavy atom. The van der Waals surface area contributed by atoms with E-state index in [1.54, 1.807) is 29.5 Å². The van der Waals surface area contributed by atoms with Gasteiger partial charge in [0.05, 0.1) is 10.7 Å². The number of nitrogens with one attached hydrogen (secondary N) is 1. The summed E-state index contributed by atoms with van der Waals surface area (Å²) in [7, 11) is 0. The van der Waals surface area contributed by atoms with Gasteiger partial charge in [0.1, 0.15) is 5.56 Å². The summed E-state index contributed by atoms with van der Waals surface area (Å²) in [5.74, 6) is -1.02. The summed E-state index contributed by atoms with van der Waals surface area (Å²) < 4.78 is 0. The highest BCUT2D eigenvalue weighted by atomic mass is 35.5. The lowest BCUT2D eigenvalue weighted by atomic mass is 10.1. The molecular weight excluding hydrogens is 282 g/mol. The van der Waals surface area contributed by atoms with Crippen LogP contribution in [0.4, 0.5) is 5.69 Å². The predicted octanol–water partition coefficient (Wildman–Crippen LogP) is 4.27. The molecule has 2 N–H and O–H groups in total. The van der Waals surface area contributed by atoms with Crippen molar-refractivity contribution >= 4 is 34.6 Å². The first-order valence-electron chi connectivity index (χ1n) is 5.94. The van der Waals surface area contributed by atoms with Gasteiger partial charge in [0.15, 0.2) is 0 Å². The van der Waals surface area contributed by atoms with E-state index >= 15 is 0 Å². The molecule has 0 fully saturated rings. The molecule has 0 aliphatic heterocycles. The first-order valence-corrected chi connectivity index (χ1v) is 7.20. The number of hydrogen-bond donors (Lipinski definition) is 2. The third-order valence-corrected chi connectivity index (χ3v) is 4.16. The van der Waals surface area contributed by atoms with Crippen LogP contribution >= 0.6 is 22.9 Å². The Kier molecular flexibility index (Phi) is 4.45. The van der Waals surface area contributed by atoms with Crippen molar-refractivity contribution in [1.29, 1.82) is 0 Å². The summed E-state index contributed by atoms with van der Waals surface area (Å²) in [5.41, 5.74) is 1.96. The van der Waals surface area contributed by atoms with Gasteiger partial charge in [0.25, 0.3) is 0 Å². The van der Waals surface area contributed by atoms with Gasteiger partial charge in [-0.1, -0.05) is 24.6 Å². The van der Waals surface area contributed by atoms with E-state index in [9.17, 15) is 9.90 Å². The summed E-state index contributed by atoms with van der Waals surface area (Å²) in [6.07, 6.45) is 0.974. The Morgan fingerprint density at radius 2 is 2.21 bits per heavy atom. The van der Waals surface area contributed by atoms with Crippen molar-refractivity contribution in [3.8, 4) is 0 Å². The van der Waals surface area contributed by atoms with Crippen LogP contribution in [0.1, 0.15) is 27.7 Å². The van der Waals surface area contributed by atoms with E-state index in [2.05, 4.69) is 18.3 Å². The van der Waals surface area contributed by atoms with E-state index in [4.69, 9.17) is 11.6 Å². The molecule has 2 aromatic rings. The van der Waals surface area contributed by atoms with Gasteiger partial charge in [0, 0.05) is 11.4 Å². The van der Waals surface area contributed by atoms with Crippen LogP contribution in [0.5, 0.6) is 0 Å². The lowest BCUT2D eigenvalue weighted by Crippen LogP contribution is -2.07. The SMILES string of the molecule is CCc1ccsc1CNc1cccc(Cl)c1C(=O)O. The topological polar surface area (TPSA) is 49.3 Å². The van der Waals surface area contributed by atoms with Crippen LogP contribution in [0, 0.1) is 0 Å². The van der Waals surface area contributed by atoms with Crippen molar-refractivity contribution in [2.45, 2.75) is 19.9 Å². The fourth-order valence-corrected chi connectivity index (χ4v) is 3.07. The summed E-state index contributed by atoms with van der Waals surface area (Å²) >= 11 is 7.59. The normalized spacial score (nSPS) is 10.4. The molecule has 0 aliphatic rings. The van der Waals surface area contributed by atoms with Crippen LogP contribution in [0.3, 0.4) is 0 Å². The van der Waals surface area contributed by atoms with Crippen molar-refractivity contribution < 1.29 is 9.90 Å². The van der Waals surface area contributed by atoms with Crippen molar-refractivity contribution in [2.24, 2.45) is 0 Å². The Morgan fingerprint density at radius 3 is 2.89 bits per heavy atom. The molecule has 0 amide bonds. The minimum absolute atomic E-state index is 0.124. The first kappa shape index (κ1) is 13.9. The standard InChI is InChI=1S/C14H14ClNO2S/c1-2-9-6-7-19-12(9)8-16-11-5-3-4-10(15)13(11)14(17)18/h3-7,16H,2,8H2,1H3,(H,17,18). The van der Waals surface area contributed by atoms with Crippen LogP contribution in [0.15, 0.2) is 29.6 Å². The largest absolute Gasteiger partial charge is 0.478 e. The Balaban J connectivity index is 2.20. The zero-order valence-corrected chi connectivity index (χ0v) is 12.0. The number of hydrogen-bond acceptors (Lipinski definition) is 3. The zero-order chi connectivity index (χ0) is 13.8. The van der Waals surface area contributed by atoms with Gasteiger partial charge in [-0.15, -0.1) is 11.3 Å². The lowest BCUT2D eigenvalue weighted by Gasteiger charge is -2.10. The number of carboxylic acid groups (broad SMARTS) is 1. The molecule has 0 saturated heterocycles. The molecule has 0 radical (unpaired) electrons. The summed E-state index contributed by atoms with van der Waals surface area (Å²) in [4.78, 5) is 12.4. The maximum absolute atomic E-state index is 11.2.